The zero-order chi connectivity index (χ0) is 8.39. The Kier molecular flexibility index (Phi) is 2.06. The predicted octanol–water partition coefficient (Wildman–Crippen LogP) is 0.477. The van der Waals surface area contributed by atoms with Gasteiger partial charge in [-0.15, -0.1) is 0 Å². The molecule has 1 aliphatic heterocycles. The zero-order valence-corrected chi connectivity index (χ0v) is 6.77. The van der Waals surface area contributed by atoms with Crippen molar-refractivity contribution < 1.29 is 5.11 Å². The van der Waals surface area contributed by atoms with Crippen molar-refractivity contribution in [2.24, 2.45) is 0 Å². The van der Waals surface area contributed by atoms with Gasteiger partial charge in [-0.1, -0.05) is 6.07 Å². The number of aromatic nitrogens is 1. The highest BCUT2D eigenvalue weighted by atomic mass is 16.3. The van der Waals surface area contributed by atoms with Crippen LogP contribution in [0.15, 0.2) is 24.4 Å². The Bertz CT molecular complexity index is 250. The highest BCUT2D eigenvalue weighted by Crippen LogP contribution is 2.20. The van der Waals surface area contributed by atoms with Crippen LogP contribution in [0.5, 0.6) is 0 Å². The molecule has 0 radical (unpaired) electrons. The molecule has 2 N–H and O–H groups in total. The fourth-order valence-electron chi connectivity index (χ4n) is 1.52. The lowest BCUT2D eigenvalue weighted by atomic mass is 10.1. The zero-order valence-electron chi connectivity index (χ0n) is 6.77. The van der Waals surface area contributed by atoms with E-state index in [1.165, 1.54) is 0 Å². The van der Waals surface area contributed by atoms with Crippen LogP contribution in [0.2, 0.25) is 0 Å². The van der Waals surface area contributed by atoms with Gasteiger partial charge in [0.05, 0.1) is 17.8 Å². The van der Waals surface area contributed by atoms with Gasteiger partial charge < -0.3 is 10.4 Å². The van der Waals surface area contributed by atoms with Crippen LogP contribution in [0.3, 0.4) is 0 Å². The molecule has 0 aromatic carbocycles. The second-order valence-corrected chi connectivity index (χ2v) is 3.10. The molecule has 1 fully saturated rings. The van der Waals surface area contributed by atoms with Crippen molar-refractivity contribution in [1.82, 2.24) is 10.3 Å². The molecule has 2 heterocycles. The average molecular weight is 164 g/mol. The molecule has 2 atom stereocenters. The Labute approximate surface area is 71.4 Å². The summed E-state index contributed by atoms with van der Waals surface area (Å²) >= 11 is 0. The Morgan fingerprint density at radius 2 is 2.42 bits per heavy atom. The third-order valence-electron chi connectivity index (χ3n) is 2.15. The van der Waals surface area contributed by atoms with Gasteiger partial charge in [0.15, 0.2) is 0 Å². The maximum absolute atomic E-state index is 9.27. The van der Waals surface area contributed by atoms with Crippen molar-refractivity contribution in [2.75, 3.05) is 6.54 Å². The lowest BCUT2D eigenvalue weighted by Crippen LogP contribution is -2.15. The summed E-state index contributed by atoms with van der Waals surface area (Å²) in [6.45, 7) is 0.682. The topological polar surface area (TPSA) is 45.1 Å². The van der Waals surface area contributed by atoms with Crippen LogP contribution in [0.4, 0.5) is 0 Å². The summed E-state index contributed by atoms with van der Waals surface area (Å²) in [5.41, 5.74) is 1.02. The molecule has 1 aromatic heterocycles. The average Bonchev–Trinajstić information content (AvgIpc) is 2.54. The lowest BCUT2D eigenvalue weighted by Gasteiger charge is -2.07. The first-order valence-corrected chi connectivity index (χ1v) is 4.18. The number of nitrogens with one attached hydrogen (secondary N) is 1. The molecule has 1 aliphatic rings. The van der Waals surface area contributed by atoms with Crippen molar-refractivity contribution >= 4 is 0 Å². The second-order valence-electron chi connectivity index (χ2n) is 3.10. The van der Waals surface area contributed by atoms with Gasteiger partial charge in [0, 0.05) is 12.7 Å². The van der Waals surface area contributed by atoms with E-state index >= 15 is 0 Å². The highest BCUT2D eigenvalue weighted by molar-refractivity contribution is 5.10. The molecular weight excluding hydrogens is 152 g/mol. The van der Waals surface area contributed by atoms with Crippen LogP contribution in [0, 0.1) is 0 Å². The van der Waals surface area contributed by atoms with Gasteiger partial charge in [0.1, 0.15) is 0 Å². The van der Waals surface area contributed by atoms with Gasteiger partial charge in [-0.25, -0.2) is 0 Å². The Balaban J connectivity index is 2.11. The Hall–Kier alpha value is -0.930. The number of aliphatic hydroxyl groups is 1. The van der Waals surface area contributed by atoms with E-state index in [0.29, 0.717) is 6.54 Å². The van der Waals surface area contributed by atoms with Crippen molar-refractivity contribution in [3.8, 4) is 0 Å². The molecule has 1 saturated heterocycles. The SMILES string of the molecule is O[C@H]1CN[C@H](c2ccccn2)C1. The number of nitrogens with zero attached hydrogens (tertiary/aromatic N) is 1. The van der Waals surface area contributed by atoms with Gasteiger partial charge in [-0.3, -0.25) is 4.98 Å². The number of aliphatic hydroxyl groups excluding tert-OH is 1. The van der Waals surface area contributed by atoms with Crippen LogP contribution in [0.25, 0.3) is 0 Å². The molecule has 0 unspecified atom stereocenters. The monoisotopic (exact) mass is 164 g/mol. The summed E-state index contributed by atoms with van der Waals surface area (Å²) in [4.78, 5) is 4.22. The molecule has 3 nitrogen and oxygen atoms in total. The summed E-state index contributed by atoms with van der Waals surface area (Å²) in [5.74, 6) is 0. The number of β-amino-alcohol motifs (C(OH)–C–C–N with tert-alkyl or cyclic N) is 1. The predicted molar refractivity (Wildman–Crippen MR) is 45.6 cm³/mol. The van der Waals surface area contributed by atoms with Crippen LogP contribution in [0.1, 0.15) is 18.2 Å². The molecule has 2 rings (SSSR count). The van der Waals surface area contributed by atoms with E-state index in [1.54, 1.807) is 6.20 Å². The van der Waals surface area contributed by atoms with E-state index in [-0.39, 0.29) is 12.1 Å². The quantitative estimate of drug-likeness (QED) is 0.634. The molecule has 0 spiro atoms. The first-order chi connectivity index (χ1) is 5.86. The maximum atomic E-state index is 9.27. The fraction of sp³-hybridized carbons (Fsp3) is 0.444. The summed E-state index contributed by atoms with van der Waals surface area (Å²) < 4.78 is 0. The summed E-state index contributed by atoms with van der Waals surface area (Å²) in [5, 5.41) is 12.5. The van der Waals surface area contributed by atoms with E-state index in [9.17, 15) is 5.11 Å². The summed E-state index contributed by atoms with van der Waals surface area (Å²) in [7, 11) is 0. The minimum atomic E-state index is -0.211. The molecule has 0 bridgehead atoms. The number of pyridine rings is 1. The van der Waals surface area contributed by atoms with Crippen LogP contribution >= 0.6 is 0 Å². The van der Waals surface area contributed by atoms with E-state index in [4.69, 9.17) is 0 Å². The maximum Gasteiger partial charge on any atom is 0.0683 e. The smallest absolute Gasteiger partial charge is 0.0683 e. The minimum Gasteiger partial charge on any atom is -0.392 e. The molecule has 0 aliphatic carbocycles. The lowest BCUT2D eigenvalue weighted by molar-refractivity contribution is 0.193. The van der Waals surface area contributed by atoms with Crippen molar-refractivity contribution in [3.63, 3.8) is 0 Å². The van der Waals surface area contributed by atoms with Crippen LogP contribution < -0.4 is 5.32 Å². The van der Waals surface area contributed by atoms with Gasteiger partial charge in [0.2, 0.25) is 0 Å². The third kappa shape index (κ3) is 1.47. The van der Waals surface area contributed by atoms with E-state index in [1.807, 2.05) is 18.2 Å². The normalized spacial score (nSPS) is 29.1. The second kappa shape index (κ2) is 3.21. The van der Waals surface area contributed by atoms with Gasteiger partial charge in [-0.2, -0.15) is 0 Å². The number of hydrogen-bond acceptors (Lipinski definition) is 3. The highest BCUT2D eigenvalue weighted by Gasteiger charge is 2.23. The molecular formula is C9H12N2O. The third-order valence-corrected chi connectivity index (χ3v) is 2.15. The van der Waals surface area contributed by atoms with Crippen LogP contribution in [-0.2, 0) is 0 Å². The Morgan fingerprint density at radius 1 is 1.50 bits per heavy atom. The van der Waals surface area contributed by atoms with E-state index < -0.39 is 0 Å². The molecule has 0 saturated carbocycles. The standard InChI is InChI=1S/C9H12N2O/c12-7-5-9(11-6-7)8-3-1-2-4-10-8/h1-4,7,9,11-12H,5-6H2/t7-,9+/m1/s1. The van der Waals surface area contributed by atoms with E-state index in [0.717, 1.165) is 12.1 Å². The van der Waals surface area contributed by atoms with Crippen molar-refractivity contribution in [1.29, 1.82) is 0 Å². The van der Waals surface area contributed by atoms with Crippen molar-refractivity contribution in [3.05, 3.63) is 30.1 Å². The number of hydrogen-bond donors (Lipinski definition) is 2. The van der Waals surface area contributed by atoms with Gasteiger partial charge in [-0.05, 0) is 18.6 Å². The summed E-state index contributed by atoms with van der Waals surface area (Å²) in [6, 6.07) is 6.08. The minimum absolute atomic E-state index is 0.211. The van der Waals surface area contributed by atoms with Gasteiger partial charge >= 0.3 is 0 Å². The molecule has 1 aromatic rings. The fourth-order valence-corrected chi connectivity index (χ4v) is 1.52. The van der Waals surface area contributed by atoms with Crippen LogP contribution in [-0.4, -0.2) is 22.7 Å². The largest absolute Gasteiger partial charge is 0.392 e. The molecule has 3 heteroatoms. The van der Waals surface area contributed by atoms with Gasteiger partial charge in [0.25, 0.3) is 0 Å². The first kappa shape index (κ1) is 7.71. The number of rotatable bonds is 1. The molecule has 0 amide bonds. The van der Waals surface area contributed by atoms with E-state index in [2.05, 4.69) is 10.3 Å². The molecule has 12 heavy (non-hydrogen) atoms. The van der Waals surface area contributed by atoms with Crippen molar-refractivity contribution in [2.45, 2.75) is 18.6 Å². The summed E-state index contributed by atoms with van der Waals surface area (Å²) in [6.07, 6.45) is 2.34. The Morgan fingerprint density at radius 3 is 3.00 bits per heavy atom. The first-order valence-electron chi connectivity index (χ1n) is 4.18. The molecule has 64 valence electrons.